The zero-order chi connectivity index (χ0) is 20.6. The zero-order valence-electron chi connectivity index (χ0n) is 15.8. The molecule has 1 amide bonds. The van der Waals surface area contributed by atoms with Gasteiger partial charge in [-0.1, -0.05) is 23.2 Å². The van der Waals surface area contributed by atoms with Gasteiger partial charge in [0.25, 0.3) is 5.91 Å². The summed E-state index contributed by atoms with van der Waals surface area (Å²) in [5.74, 6) is -1.50. The maximum absolute atomic E-state index is 12.9. The quantitative estimate of drug-likeness (QED) is 0.647. The van der Waals surface area contributed by atoms with Crippen LogP contribution in [0.3, 0.4) is 0 Å². The number of halogens is 2. The van der Waals surface area contributed by atoms with Gasteiger partial charge in [-0.05, 0) is 13.3 Å². The molecule has 0 aliphatic carbocycles. The first kappa shape index (κ1) is 20.9. The summed E-state index contributed by atoms with van der Waals surface area (Å²) in [4.78, 5) is 22.3. The number of aliphatic hydroxyl groups excluding tert-OH is 1. The SMILES string of the molecule is Cc1[nH]c(C(=O)N[C@@H]2CCN(c3nccs3)CC23OCC(CO)CO3)c(Cl)c1Cl. The molecule has 2 aromatic heterocycles. The Morgan fingerprint density at radius 3 is 2.79 bits per heavy atom. The number of H-pyrrole nitrogens is 1. The Morgan fingerprint density at radius 1 is 1.45 bits per heavy atom. The highest BCUT2D eigenvalue weighted by Gasteiger charge is 2.50. The van der Waals surface area contributed by atoms with Crippen LogP contribution in [-0.4, -0.2) is 65.7 Å². The number of carbonyl (C=O) groups excluding carboxylic acids is 1. The number of nitrogens with one attached hydrogen (secondary N) is 2. The van der Waals surface area contributed by atoms with Crippen molar-refractivity contribution in [3.8, 4) is 0 Å². The van der Waals surface area contributed by atoms with Crippen LogP contribution in [0.1, 0.15) is 22.6 Å². The molecule has 11 heteroatoms. The normalized spacial score (nSPS) is 27.4. The number of thiazole rings is 1. The largest absolute Gasteiger partial charge is 0.396 e. The van der Waals surface area contributed by atoms with Gasteiger partial charge in [0, 0.05) is 29.7 Å². The minimum absolute atomic E-state index is 0.0147. The van der Waals surface area contributed by atoms with Crippen LogP contribution in [0.5, 0.6) is 0 Å². The zero-order valence-corrected chi connectivity index (χ0v) is 18.1. The molecule has 2 aromatic rings. The van der Waals surface area contributed by atoms with Crippen molar-refractivity contribution in [3.63, 3.8) is 0 Å². The molecule has 2 aliphatic rings. The van der Waals surface area contributed by atoms with Crippen LogP contribution in [0, 0.1) is 12.8 Å². The number of aromatic amines is 1. The lowest BCUT2D eigenvalue weighted by Gasteiger charge is -2.50. The lowest BCUT2D eigenvalue weighted by atomic mass is 9.95. The van der Waals surface area contributed by atoms with Crippen LogP contribution < -0.4 is 10.2 Å². The van der Waals surface area contributed by atoms with Gasteiger partial charge in [-0.2, -0.15) is 0 Å². The first-order valence-electron chi connectivity index (χ1n) is 9.31. The van der Waals surface area contributed by atoms with Gasteiger partial charge in [0.2, 0.25) is 5.79 Å². The number of aromatic nitrogens is 2. The van der Waals surface area contributed by atoms with E-state index < -0.39 is 11.8 Å². The first-order chi connectivity index (χ1) is 13.9. The maximum atomic E-state index is 12.9. The van der Waals surface area contributed by atoms with Crippen LogP contribution in [0.15, 0.2) is 11.6 Å². The van der Waals surface area contributed by atoms with Crippen molar-refractivity contribution in [2.45, 2.75) is 25.2 Å². The molecule has 158 valence electrons. The molecule has 2 fully saturated rings. The van der Waals surface area contributed by atoms with Gasteiger partial charge in [0.15, 0.2) is 5.13 Å². The summed E-state index contributed by atoms with van der Waals surface area (Å²) in [7, 11) is 0. The van der Waals surface area contributed by atoms with Gasteiger partial charge in [-0.3, -0.25) is 4.79 Å². The van der Waals surface area contributed by atoms with Crippen LogP contribution in [-0.2, 0) is 9.47 Å². The molecule has 4 heterocycles. The van der Waals surface area contributed by atoms with Crippen molar-refractivity contribution in [2.75, 3.05) is 37.8 Å². The Balaban J connectivity index is 1.56. The van der Waals surface area contributed by atoms with E-state index in [0.717, 1.165) is 5.13 Å². The molecule has 3 N–H and O–H groups in total. The fourth-order valence-electron chi connectivity index (χ4n) is 3.64. The van der Waals surface area contributed by atoms with Crippen molar-refractivity contribution in [1.29, 1.82) is 0 Å². The van der Waals surface area contributed by atoms with E-state index in [0.29, 0.717) is 43.4 Å². The fourth-order valence-corrected chi connectivity index (χ4v) is 4.73. The molecule has 29 heavy (non-hydrogen) atoms. The van der Waals surface area contributed by atoms with E-state index in [1.54, 1.807) is 13.1 Å². The number of ether oxygens (including phenoxy) is 2. The Hall–Kier alpha value is -1.36. The van der Waals surface area contributed by atoms with E-state index in [-0.39, 0.29) is 29.1 Å². The third-order valence-electron chi connectivity index (χ3n) is 5.29. The second kappa shape index (κ2) is 8.41. The minimum atomic E-state index is -1.04. The lowest BCUT2D eigenvalue weighted by molar-refractivity contribution is -0.296. The van der Waals surface area contributed by atoms with Gasteiger partial charge in [-0.15, -0.1) is 11.3 Å². The van der Waals surface area contributed by atoms with Crippen molar-refractivity contribution >= 4 is 45.6 Å². The lowest BCUT2D eigenvalue weighted by Crippen LogP contribution is -2.67. The summed E-state index contributed by atoms with van der Waals surface area (Å²) >= 11 is 13.8. The summed E-state index contributed by atoms with van der Waals surface area (Å²) in [6, 6.07) is -0.399. The van der Waals surface area contributed by atoms with Gasteiger partial charge in [-0.25, -0.2) is 4.98 Å². The smallest absolute Gasteiger partial charge is 0.269 e. The predicted octanol–water partition coefficient (Wildman–Crippen LogP) is 2.45. The molecule has 0 radical (unpaired) electrons. The molecule has 0 unspecified atom stereocenters. The predicted molar refractivity (Wildman–Crippen MR) is 111 cm³/mol. The van der Waals surface area contributed by atoms with E-state index in [2.05, 4.69) is 20.2 Å². The number of rotatable bonds is 4. The van der Waals surface area contributed by atoms with Crippen LogP contribution >= 0.6 is 34.5 Å². The van der Waals surface area contributed by atoms with Crippen molar-refractivity contribution in [2.24, 2.45) is 5.92 Å². The van der Waals surface area contributed by atoms with Crippen LogP contribution in [0.2, 0.25) is 10.0 Å². The molecule has 0 bridgehead atoms. The summed E-state index contributed by atoms with van der Waals surface area (Å²) < 4.78 is 12.2. The van der Waals surface area contributed by atoms with E-state index in [1.807, 2.05) is 5.38 Å². The number of aryl methyl sites for hydroxylation is 1. The highest BCUT2D eigenvalue weighted by molar-refractivity contribution is 7.13. The molecule has 0 saturated carbocycles. The Morgan fingerprint density at radius 2 is 2.21 bits per heavy atom. The Bertz CT molecular complexity index is 868. The molecule has 1 spiro atoms. The number of carbonyl (C=O) groups is 1. The summed E-state index contributed by atoms with van der Waals surface area (Å²) in [5.41, 5.74) is 0.849. The number of hydrogen-bond acceptors (Lipinski definition) is 7. The van der Waals surface area contributed by atoms with Crippen molar-refractivity contribution < 1.29 is 19.4 Å². The molecule has 2 aliphatic heterocycles. The molecule has 1 atom stereocenters. The average Bonchev–Trinajstić information content (AvgIpc) is 3.35. The first-order valence-corrected chi connectivity index (χ1v) is 10.9. The summed E-state index contributed by atoms with van der Waals surface area (Å²) in [5, 5.41) is 15.7. The number of anilines is 1. The average molecular weight is 461 g/mol. The third-order valence-corrected chi connectivity index (χ3v) is 7.07. The number of aliphatic hydroxyl groups is 1. The van der Waals surface area contributed by atoms with E-state index in [4.69, 9.17) is 32.7 Å². The van der Waals surface area contributed by atoms with Crippen LogP contribution in [0.4, 0.5) is 5.13 Å². The highest BCUT2D eigenvalue weighted by atomic mass is 35.5. The number of hydrogen-bond donors (Lipinski definition) is 3. The number of nitrogens with zero attached hydrogens (tertiary/aromatic N) is 2. The number of piperidine rings is 1. The van der Waals surface area contributed by atoms with E-state index >= 15 is 0 Å². The second-order valence-electron chi connectivity index (χ2n) is 7.29. The number of amides is 1. The van der Waals surface area contributed by atoms with Crippen LogP contribution in [0.25, 0.3) is 0 Å². The van der Waals surface area contributed by atoms with Gasteiger partial charge in [0.1, 0.15) is 5.69 Å². The standard InChI is InChI=1S/C18H22Cl2N4O4S/c1-10-13(19)14(20)15(22-10)16(26)23-12-2-4-24(17-21-3-5-29-17)9-18(12)27-7-11(6-25)8-28-18/h3,5,11-12,22,25H,2,4,6-9H2,1H3,(H,23,26)/t11?,12-,18?/m1/s1. The maximum Gasteiger partial charge on any atom is 0.269 e. The Kier molecular flexibility index (Phi) is 6.06. The molecular formula is C18H22Cl2N4O4S. The second-order valence-corrected chi connectivity index (χ2v) is 8.92. The van der Waals surface area contributed by atoms with Gasteiger partial charge < -0.3 is 29.8 Å². The van der Waals surface area contributed by atoms with Gasteiger partial charge >= 0.3 is 0 Å². The molecule has 2 saturated heterocycles. The van der Waals surface area contributed by atoms with Crippen molar-refractivity contribution in [1.82, 2.24) is 15.3 Å². The Labute approximate surface area is 182 Å². The monoisotopic (exact) mass is 460 g/mol. The molecular weight excluding hydrogens is 439 g/mol. The van der Waals surface area contributed by atoms with Crippen molar-refractivity contribution in [3.05, 3.63) is 33.0 Å². The van der Waals surface area contributed by atoms with E-state index in [9.17, 15) is 9.90 Å². The minimum Gasteiger partial charge on any atom is -0.396 e. The third kappa shape index (κ3) is 3.99. The molecule has 8 nitrogen and oxygen atoms in total. The molecule has 0 aromatic carbocycles. The summed E-state index contributed by atoms with van der Waals surface area (Å²) in [6.07, 6.45) is 2.35. The summed E-state index contributed by atoms with van der Waals surface area (Å²) in [6.45, 7) is 3.54. The van der Waals surface area contributed by atoms with Gasteiger partial charge in [0.05, 0.1) is 42.5 Å². The highest BCUT2D eigenvalue weighted by Crippen LogP contribution is 2.35. The fraction of sp³-hybridized carbons (Fsp3) is 0.556. The van der Waals surface area contributed by atoms with E-state index in [1.165, 1.54) is 11.3 Å². The topological polar surface area (TPSA) is 99.7 Å². The molecule has 4 rings (SSSR count).